The Morgan fingerprint density at radius 3 is 2.43 bits per heavy atom. The molecular formula is C18H14F2N4O3S. The molecule has 2 aromatic carbocycles. The minimum absolute atomic E-state index is 0.282. The SMILES string of the molecule is O=C(COC(=O)c1ccc(-n2cncn2)cc1)Nc1ccc(SC(F)F)cc1. The van der Waals surface area contributed by atoms with Crippen molar-refractivity contribution in [1.29, 1.82) is 0 Å². The zero-order chi connectivity index (χ0) is 19.9. The van der Waals surface area contributed by atoms with Crippen molar-refractivity contribution in [3.63, 3.8) is 0 Å². The number of amides is 1. The Hall–Kier alpha value is -3.27. The van der Waals surface area contributed by atoms with E-state index in [-0.39, 0.29) is 5.56 Å². The number of alkyl halides is 2. The molecule has 0 aliphatic heterocycles. The number of nitrogens with one attached hydrogen (secondary N) is 1. The number of aromatic nitrogens is 3. The van der Waals surface area contributed by atoms with E-state index >= 15 is 0 Å². The molecule has 0 saturated carbocycles. The van der Waals surface area contributed by atoms with Gasteiger partial charge in [0.15, 0.2) is 6.61 Å². The Labute approximate surface area is 162 Å². The van der Waals surface area contributed by atoms with Crippen LogP contribution in [0.25, 0.3) is 5.69 Å². The highest BCUT2D eigenvalue weighted by Gasteiger charge is 2.11. The van der Waals surface area contributed by atoms with Gasteiger partial charge in [0, 0.05) is 10.6 Å². The second kappa shape index (κ2) is 9.09. The molecule has 0 fully saturated rings. The molecule has 0 unspecified atom stereocenters. The number of esters is 1. The molecule has 0 aliphatic rings. The summed E-state index contributed by atoms with van der Waals surface area (Å²) in [7, 11) is 0. The molecule has 1 heterocycles. The van der Waals surface area contributed by atoms with Crippen LogP contribution in [0.1, 0.15) is 10.4 Å². The highest BCUT2D eigenvalue weighted by atomic mass is 32.2. The Morgan fingerprint density at radius 1 is 1.11 bits per heavy atom. The largest absolute Gasteiger partial charge is 0.452 e. The van der Waals surface area contributed by atoms with Crippen molar-refractivity contribution in [3.05, 3.63) is 66.7 Å². The maximum absolute atomic E-state index is 12.3. The molecule has 28 heavy (non-hydrogen) atoms. The maximum atomic E-state index is 12.3. The average Bonchev–Trinajstić information content (AvgIpc) is 3.22. The lowest BCUT2D eigenvalue weighted by Gasteiger charge is -2.08. The molecule has 3 rings (SSSR count). The number of anilines is 1. The first-order valence-corrected chi connectivity index (χ1v) is 8.86. The van der Waals surface area contributed by atoms with Gasteiger partial charge in [-0.05, 0) is 48.5 Å². The monoisotopic (exact) mass is 404 g/mol. The summed E-state index contributed by atoms with van der Waals surface area (Å²) in [5.74, 6) is -3.70. The van der Waals surface area contributed by atoms with Gasteiger partial charge >= 0.3 is 5.97 Å². The molecule has 0 saturated heterocycles. The van der Waals surface area contributed by atoms with E-state index in [1.807, 2.05) is 0 Å². The van der Waals surface area contributed by atoms with Crippen molar-refractivity contribution in [3.8, 4) is 5.69 Å². The van der Waals surface area contributed by atoms with E-state index < -0.39 is 24.2 Å². The molecule has 7 nitrogen and oxygen atoms in total. The standard InChI is InChI=1S/C18H14F2N4O3S/c19-18(20)28-15-7-3-13(4-8-15)23-16(25)9-27-17(26)12-1-5-14(6-2-12)24-11-21-10-22-24/h1-8,10-11,18H,9H2,(H,23,25). The summed E-state index contributed by atoms with van der Waals surface area (Å²) in [5.41, 5.74) is 1.42. The van der Waals surface area contributed by atoms with Gasteiger partial charge < -0.3 is 10.1 Å². The third kappa shape index (κ3) is 5.36. The fourth-order valence-corrected chi connectivity index (χ4v) is 2.72. The Morgan fingerprint density at radius 2 is 1.82 bits per heavy atom. The van der Waals surface area contributed by atoms with Crippen molar-refractivity contribution >= 4 is 29.3 Å². The molecule has 0 radical (unpaired) electrons. The van der Waals surface area contributed by atoms with Gasteiger partial charge in [-0.15, -0.1) is 0 Å². The fraction of sp³-hybridized carbons (Fsp3) is 0.111. The number of thioether (sulfide) groups is 1. The molecule has 1 amide bonds. The van der Waals surface area contributed by atoms with Gasteiger partial charge in [-0.2, -0.15) is 13.9 Å². The second-order valence-corrected chi connectivity index (χ2v) is 6.48. The van der Waals surface area contributed by atoms with Gasteiger partial charge in [0.1, 0.15) is 12.7 Å². The fourth-order valence-electron chi connectivity index (χ4n) is 2.22. The first-order valence-electron chi connectivity index (χ1n) is 7.98. The number of hydrogen-bond acceptors (Lipinski definition) is 6. The lowest BCUT2D eigenvalue weighted by atomic mass is 10.2. The first-order chi connectivity index (χ1) is 13.5. The molecule has 0 bridgehead atoms. The van der Waals surface area contributed by atoms with Crippen LogP contribution in [0, 0.1) is 0 Å². The molecule has 1 aromatic heterocycles. The van der Waals surface area contributed by atoms with Gasteiger partial charge in [-0.3, -0.25) is 4.79 Å². The summed E-state index contributed by atoms with van der Waals surface area (Å²) in [5, 5.41) is 6.50. The number of rotatable bonds is 7. The zero-order valence-electron chi connectivity index (χ0n) is 14.3. The van der Waals surface area contributed by atoms with Crippen LogP contribution < -0.4 is 5.32 Å². The Bertz CT molecular complexity index is 932. The van der Waals surface area contributed by atoms with Gasteiger partial charge in [0.05, 0.1) is 11.3 Å². The highest BCUT2D eigenvalue weighted by Crippen LogP contribution is 2.26. The third-order valence-corrected chi connectivity index (χ3v) is 4.21. The number of benzene rings is 2. The summed E-state index contributed by atoms with van der Waals surface area (Å²) in [4.78, 5) is 28.1. The van der Waals surface area contributed by atoms with E-state index in [0.717, 1.165) is 5.69 Å². The van der Waals surface area contributed by atoms with Crippen molar-refractivity contribution in [1.82, 2.24) is 14.8 Å². The number of carbonyl (C=O) groups is 2. The minimum atomic E-state index is -2.51. The average molecular weight is 404 g/mol. The third-order valence-electron chi connectivity index (χ3n) is 3.48. The van der Waals surface area contributed by atoms with Crippen LogP contribution in [0.4, 0.5) is 14.5 Å². The molecule has 144 valence electrons. The van der Waals surface area contributed by atoms with Crippen molar-refractivity contribution in [2.24, 2.45) is 0 Å². The van der Waals surface area contributed by atoms with Crippen LogP contribution >= 0.6 is 11.8 Å². The zero-order valence-corrected chi connectivity index (χ0v) is 15.1. The van der Waals surface area contributed by atoms with Crippen LogP contribution in [-0.4, -0.2) is 39.0 Å². The van der Waals surface area contributed by atoms with Gasteiger partial charge in [0.25, 0.3) is 11.7 Å². The normalized spacial score (nSPS) is 10.7. The van der Waals surface area contributed by atoms with Crippen LogP contribution in [-0.2, 0) is 9.53 Å². The Kier molecular flexibility index (Phi) is 6.33. The molecule has 0 aliphatic carbocycles. The van der Waals surface area contributed by atoms with Crippen LogP contribution in [0.3, 0.4) is 0 Å². The van der Waals surface area contributed by atoms with E-state index in [9.17, 15) is 18.4 Å². The molecular weight excluding hydrogens is 390 g/mol. The summed E-state index contributed by atoms with van der Waals surface area (Å²) in [6.07, 6.45) is 2.92. The molecule has 3 aromatic rings. The van der Waals surface area contributed by atoms with Crippen molar-refractivity contribution in [2.45, 2.75) is 10.7 Å². The second-order valence-electron chi connectivity index (χ2n) is 5.41. The minimum Gasteiger partial charge on any atom is -0.452 e. The first kappa shape index (κ1) is 19.5. The molecule has 10 heteroatoms. The molecule has 1 N–H and O–H groups in total. The van der Waals surface area contributed by atoms with Crippen molar-refractivity contribution < 1.29 is 23.1 Å². The lowest BCUT2D eigenvalue weighted by Crippen LogP contribution is -2.20. The summed E-state index contributed by atoms with van der Waals surface area (Å²) >= 11 is 0.414. The van der Waals surface area contributed by atoms with E-state index in [1.54, 1.807) is 24.3 Å². The number of carbonyl (C=O) groups excluding carboxylic acids is 2. The smallest absolute Gasteiger partial charge is 0.338 e. The number of ether oxygens (including phenoxy) is 1. The summed E-state index contributed by atoms with van der Waals surface area (Å²) < 4.78 is 31.1. The van der Waals surface area contributed by atoms with Crippen LogP contribution in [0.2, 0.25) is 0 Å². The highest BCUT2D eigenvalue weighted by molar-refractivity contribution is 7.99. The number of halogens is 2. The maximum Gasteiger partial charge on any atom is 0.338 e. The summed E-state index contributed by atoms with van der Waals surface area (Å²) in [6.45, 7) is -0.475. The molecule has 0 atom stereocenters. The van der Waals surface area contributed by atoms with Crippen LogP contribution in [0.15, 0.2) is 66.1 Å². The van der Waals surface area contributed by atoms with Crippen molar-refractivity contribution in [2.75, 3.05) is 11.9 Å². The topological polar surface area (TPSA) is 86.1 Å². The lowest BCUT2D eigenvalue weighted by molar-refractivity contribution is -0.119. The van der Waals surface area contributed by atoms with Gasteiger partial charge in [-0.25, -0.2) is 14.5 Å². The predicted octanol–water partition coefficient (Wildman–Crippen LogP) is 3.38. The van der Waals surface area contributed by atoms with Gasteiger partial charge in [-0.1, -0.05) is 11.8 Å². The molecule has 0 spiro atoms. The van der Waals surface area contributed by atoms with Gasteiger partial charge in [0.2, 0.25) is 0 Å². The van der Waals surface area contributed by atoms with E-state index in [0.29, 0.717) is 22.3 Å². The summed E-state index contributed by atoms with van der Waals surface area (Å²) in [6, 6.07) is 12.4. The predicted molar refractivity (Wildman–Crippen MR) is 98.6 cm³/mol. The Balaban J connectivity index is 1.49. The number of nitrogens with zero attached hydrogens (tertiary/aromatic N) is 3. The number of hydrogen-bond donors (Lipinski definition) is 1. The van der Waals surface area contributed by atoms with E-state index in [1.165, 1.54) is 41.6 Å². The van der Waals surface area contributed by atoms with E-state index in [4.69, 9.17) is 4.74 Å². The van der Waals surface area contributed by atoms with Crippen LogP contribution in [0.5, 0.6) is 0 Å². The van der Waals surface area contributed by atoms with E-state index in [2.05, 4.69) is 15.4 Å². The quantitative estimate of drug-likeness (QED) is 0.480.